The summed E-state index contributed by atoms with van der Waals surface area (Å²) in [5, 5.41) is 4.92. The van der Waals surface area contributed by atoms with Crippen molar-refractivity contribution in [3.8, 4) is 11.3 Å². The molecule has 0 fully saturated rings. The van der Waals surface area contributed by atoms with Gasteiger partial charge in [0.15, 0.2) is 5.76 Å². The highest BCUT2D eigenvalue weighted by Gasteiger charge is 2.05. The summed E-state index contributed by atoms with van der Waals surface area (Å²) in [7, 11) is 0. The molecule has 2 nitrogen and oxygen atoms in total. The number of benzene rings is 1. The van der Waals surface area contributed by atoms with Gasteiger partial charge in [-0.3, -0.25) is 0 Å². The fourth-order valence-corrected chi connectivity index (χ4v) is 1.79. The summed E-state index contributed by atoms with van der Waals surface area (Å²) in [5.74, 6) is 1.85. The lowest BCUT2D eigenvalue weighted by Crippen LogP contribution is -1.70. The van der Waals surface area contributed by atoms with Crippen LogP contribution >= 0.6 is 11.8 Å². The van der Waals surface area contributed by atoms with E-state index in [2.05, 4.69) is 12.1 Å². The molecule has 2 rings (SSSR count). The van der Waals surface area contributed by atoms with Crippen LogP contribution in [0.25, 0.3) is 11.3 Å². The van der Waals surface area contributed by atoms with E-state index in [4.69, 9.17) is 4.52 Å². The van der Waals surface area contributed by atoms with Gasteiger partial charge in [0.25, 0.3) is 0 Å². The van der Waals surface area contributed by atoms with Gasteiger partial charge < -0.3 is 4.52 Å². The number of thioether (sulfide) groups is 1. The first-order valence-electron chi connectivity index (χ1n) is 4.55. The van der Waals surface area contributed by atoms with Crippen LogP contribution in [0.5, 0.6) is 0 Å². The molecule has 0 atom stereocenters. The monoisotopic (exact) mass is 205 g/mol. The maximum Gasteiger partial charge on any atom is 0.168 e. The van der Waals surface area contributed by atoms with Crippen molar-refractivity contribution in [2.45, 2.75) is 11.9 Å². The van der Waals surface area contributed by atoms with Gasteiger partial charge in [-0.1, -0.05) is 42.4 Å². The van der Waals surface area contributed by atoms with Crippen molar-refractivity contribution in [1.82, 2.24) is 5.16 Å². The van der Waals surface area contributed by atoms with Gasteiger partial charge in [-0.05, 0) is 5.75 Å². The average Bonchev–Trinajstić information content (AvgIpc) is 2.68. The first-order chi connectivity index (χ1) is 6.90. The van der Waals surface area contributed by atoms with Gasteiger partial charge in [-0.15, -0.1) is 11.8 Å². The molecule has 0 unspecified atom stereocenters. The number of aromatic nitrogens is 1. The Morgan fingerprint density at radius 1 is 1.29 bits per heavy atom. The molecular formula is C11H11NOS. The van der Waals surface area contributed by atoms with Crippen molar-refractivity contribution in [1.29, 1.82) is 0 Å². The summed E-state index contributed by atoms with van der Waals surface area (Å²) in [6.07, 6.45) is 0. The predicted octanol–water partition coefficient (Wildman–Crippen LogP) is 3.45. The lowest BCUT2D eigenvalue weighted by molar-refractivity contribution is 0.415. The van der Waals surface area contributed by atoms with Crippen molar-refractivity contribution in [3.05, 3.63) is 36.4 Å². The van der Waals surface area contributed by atoms with Crippen LogP contribution in [0.3, 0.4) is 0 Å². The summed E-state index contributed by atoms with van der Waals surface area (Å²) in [6.45, 7) is 2.10. The van der Waals surface area contributed by atoms with Crippen molar-refractivity contribution >= 4 is 11.8 Å². The molecule has 0 N–H and O–H groups in total. The highest BCUT2D eigenvalue weighted by atomic mass is 32.2. The molecule has 0 aliphatic rings. The number of rotatable bonds is 3. The third-order valence-corrected chi connectivity index (χ3v) is 2.62. The van der Waals surface area contributed by atoms with E-state index in [1.807, 2.05) is 36.4 Å². The molecule has 0 radical (unpaired) electrons. The Hall–Kier alpha value is -1.22. The van der Waals surface area contributed by atoms with E-state index in [0.29, 0.717) is 0 Å². The summed E-state index contributed by atoms with van der Waals surface area (Å²) in [5.41, 5.74) is 1.07. The van der Waals surface area contributed by atoms with Crippen LogP contribution in [-0.2, 0) is 0 Å². The fourth-order valence-electron chi connectivity index (χ4n) is 1.21. The summed E-state index contributed by atoms with van der Waals surface area (Å²) >= 11 is 1.69. The van der Waals surface area contributed by atoms with Gasteiger partial charge in [0.2, 0.25) is 0 Å². The molecule has 0 amide bonds. The number of hydrogen-bond donors (Lipinski definition) is 0. The minimum Gasteiger partial charge on any atom is -0.355 e. The zero-order valence-electron chi connectivity index (χ0n) is 7.93. The zero-order chi connectivity index (χ0) is 9.80. The van der Waals surface area contributed by atoms with E-state index >= 15 is 0 Å². The van der Waals surface area contributed by atoms with Crippen molar-refractivity contribution in [2.24, 2.45) is 0 Å². The van der Waals surface area contributed by atoms with Gasteiger partial charge >= 0.3 is 0 Å². The smallest absolute Gasteiger partial charge is 0.168 e. The Kier molecular flexibility index (Phi) is 2.89. The van der Waals surface area contributed by atoms with Crippen molar-refractivity contribution in [3.63, 3.8) is 0 Å². The number of hydrogen-bond acceptors (Lipinski definition) is 3. The molecule has 0 aliphatic heterocycles. The molecule has 14 heavy (non-hydrogen) atoms. The first-order valence-corrected chi connectivity index (χ1v) is 5.53. The van der Waals surface area contributed by atoms with Crippen molar-refractivity contribution < 1.29 is 4.52 Å². The molecule has 2 aromatic rings. The second-order valence-electron chi connectivity index (χ2n) is 2.83. The SMILES string of the molecule is CCSc1cc(-c2ccccc2)on1. The van der Waals surface area contributed by atoms with Crippen LogP contribution in [0.2, 0.25) is 0 Å². The van der Waals surface area contributed by atoms with Crippen LogP contribution in [0.4, 0.5) is 0 Å². The maximum atomic E-state index is 5.23. The Bertz CT molecular complexity index is 397. The van der Waals surface area contributed by atoms with Crippen LogP contribution in [0.1, 0.15) is 6.92 Å². The van der Waals surface area contributed by atoms with Crippen LogP contribution in [-0.4, -0.2) is 10.9 Å². The Morgan fingerprint density at radius 2 is 2.07 bits per heavy atom. The zero-order valence-corrected chi connectivity index (χ0v) is 8.75. The van der Waals surface area contributed by atoms with Gasteiger partial charge in [0, 0.05) is 11.6 Å². The van der Waals surface area contributed by atoms with Gasteiger partial charge in [0.1, 0.15) is 5.03 Å². The van der Waals surface area contributed by atoms with Crippen LogP contribution < -0.4 is 0 Å². The topological polar surface area (TPSA) is 26.0 Å². The second-order valence-corrected chi connectivity index (χ2v) is 4.11. The summed E-state index contributed by atoms with van der Waals surface area (Å²) in [6, 6.07) is 12.0. The van der Waals surface area contributed by atoms with E-state index in [0.717, 1.165) is 22.1 Å². The Morgan fingerprint density at radius 3 is 2.79 bits per heavy atom. The largest absolute Gasteiger partial charge is 0.355 e. The van der Waals surface area contributed by atoms with Gasteiger partial charge in [-0.25, -0.2) is 0 Å². The quantitative estimate of drug-likeness (QED) is 0.718. The predicted molar refractivity (Wildman–Crippen MR) is 58.3 cm³/mol. The fraction of sp³-hybridized carbons (Fsp3) is 0.182. The molecule has 0 aliphatic carbocycles. The minimum atomic E-state index is 0.835. The highest BCUT2D eigenvalue weighted by Crippen LogP contribution is 2.24. The summed E-state index contributed by atoms with van der Waals surface area (Å²) < 4.78 is 5.23. The third kappa shape index (κ3) is 1.99. The normalized spacial score (nSPS) is 10.4. The van der Waals surface area contributed by atoms with Gasteiger partial charge in [0.05, 0.1) is 0 Å². The van der Waals surface area contributed by atoms with E-state index in [1.54, 1.807) is 11.8 Å². The molecular weight excluding hydrogens is 194 g/mol. The van der Waals surface area contributed by atoms with Crippen LogP contribution in [0, 0.1) is 0 Å². The number of nitrogens with zero attached hydrogens (tertiary/aromatic N) is 1. The molecule has 0 saturated carbocycles. The molecule has 1 aromatic carbocycles. The van der Waals surface area contributed by atoms with Gasteiger partial charge in [-0.2, -0.15) is 0 Å². The molecule has 72 valence electrons. The van der Waals surface area contributed by atoms with E-state index in [9.17, 15) is 0 Å². The molecule has 1 heterocycles. The first kappa shape index (κ1) is 9.34. The average molecular weight is 205 g/mol. The minimum absolute atomic E-state index is 0.835. The van der Waals surface area contributed by atoms with E-state index in [-0.39, 0.29) is 0 Å². The highest BCUT2D eigenvalue weighted by molar-refractivity contribution is 7.99. The second kappa shape index (κ2) is 4.33. The van der Waals surface area contributed by atoms with E-state index in [1.165, 1.54) is 0 Å². The third-order valence-electron chi connectivity index (χ3n) is 1.84. The Balaban J connectivity index is 2.25. The van der Waals surface area contributed by atoms with Crippen LogP contribution in [0.15, 0.2) is 45.9 Å². The molecule has 0 bridgehead atoms. The lowest BCUT2D eigenvalue weighted by Gasteiger charge is -1.91. The Labute approximate surface area is 87.3 Å². The lowest BCUT2D eigenvalue weighted by atomic mass is 10.2. The standard InChI is InChI=1S/C11H11NOS/c1-2-14-11-8-10(13-12-11)9-6-4-3-5-7-9/h3-8H,2H2,1H3. The molecule has 0 saturated heterocycles. The molecule has 1 aromatic heterocycles. The molecule has 3 heteroatoms. The van der Waals surface area contributed by atoms with E-state index < -0.39 is 0 Å². The van der Waals surface area contributed by atoms with Crippen molar-refractivity contribution in [2.75, 3.05) is 5.75 Å². The maximum absolute atomic E-state index is 5.23. The molecule has 0 spiro atoms. The summed E-state index contributed by atoms with van der Waals surface area (Å²) in [4.78, 5) is 0.